The molecule has 0 aliphatic carbocycles. The van der Waals surface area contributed by atoms with Crippen molar-refractivity contribution in [1.29, 1.82) is 0 Å². The first-order chi connectivity index (χ1) is 14.7. The molecular weight excluding hydrogens is 414 g/mol. The molecule has 1 saturated heterocycles. The maximum Gasteiger partial charge on any atom is 0.243 e. The highest BCUT2D eigenvalue weighted by molar-refractivity contribution is 7.89. The summed E-state index contributed by atoms with van der Waals surface area (Å²) in [6.07, 6.45) is 1.80. The van der Waals surface area contributed by atoms with Crippen molar-refractivity contribution in [1.82, 2.24) is 14.5 Å². The molecule has 0 aromatic heterocycles. The average molecular weight is 454 g/mol. The van der Waals surface area contributed by atoms with Gasteiger partial charge in [0.05, 0.1) is 11.0 Å². The van der Waals surface area contributed by atoms with Crippen molar-refractivity contribution in [3.05, 3.63) is 29.8 Å². The van der Waals surface area contributed by atoms with Crippen LogP contribution in [0.15, 0.2) is 29.2 Å². The summed E-state index contributed by atoms with van der Waals surface area (Å²) in [5.41, 5.74) is 1.12. The Kier molecular flexibility index (Phi) is 10.4. The fourth-order valence-corrected chi connectivity index (χ4v) is 5.10. The van der Waals surface area contributed by atoms with E-state index in [1.807, 2.05) is 30.9 Å². The highest BCUT2D eigenvalue weighted by Crippen LogP contribution is 2.19. The second kappa shape index (κ2) is 12.5. The summed E-state index contributed by atoms with van der Waals surface area (Å²) in [5.74, 6) is 0.517. The molecule has 0 radical (unpaired) electrons. The topological polar surface area (TPSA) is 79.0 Å². The summed E-state index contributed by atoms with van der Waals surface area (Å²) in [6, 6.07) is 7.14. The number of piperazine rings is 1. The van der Waals surface area contributed by atoms with Gasteiger partial charge in [-0.15, -0.1) is 0 Å². The maximum atomic E-state index is 13.3. The van der Waals surface area contributed by atoms with E-state index < -0.39 is 10.0 Å². The van der Waals surface area contributed by atoms with Gasteiger partial charge in [0.2, 0.25) is 15.9 Å². The van der Waals surface area contributed by atoms with Crippen LogP contribution in [0, 0.1) is 5.92 Å². The van der Waals surface area contributed by atoms with Gasteiger partial charge >= 0.3 is 0 Å². The first kappa shape index (κ1) is 25.8. The fourth-order valence-electron chi connectivity index (χ4n) is 3.62. The number of carbonyl (C=O) groups is 1. The predicted molar refractivity (Wildman–Crippen MR) is 124 cm³/mol. The van der Waals surface area contributed by atoms with E-state index in [0.29, 0.717) is 38.6 Å². The number of sulfonamides is 1. The molecule has 0 atom stereocenters. The molecule has 1 heterocycles. The van der Waals surface area contributed by atoms with Gasteiger partial charge in [0.1, 0.15) is 0 Å². The van der Waals surface area contributed by atoms with Gasteiger partial charge in [-0.2, -0.15) is 4.31 Å². The molecule has 1 aliphatic heterocycles. The maximum absolute atomic E-state index is 13.3. The Morgan fingerprint density at radius 1 is 1.10 bits per heavy atom. The first-order valence-corrected chi connectivity index (χ1v) is 12.8. The lowest BCUT2D eigenvalue weighted by Gasteiger charge is -2.29. The molecule has 176 valence electrons. The highest BCUT2D eigenvalue weighted by atomic mass is 32.2. The molecule has 0 unspecified atom stereocenters. The fraction of sp³-hybridized carbons (Fsp3) is 0.696. The minimum Gasteiger partial charge on any atom is -0.379 e. The van der Waals surface area contributed by atoms with Gasteiger partial charge in [-0.05, 0) is 50.3 Å². The number of hydrogen-bond donors (Lipinski definition) is 1. The van der Waals surface area contributed by atoms with Gasteiger partial charge in [-0.3, -0.25) is 4.79 Å². The number of rotatable bonds is 12. The summed E-state index contributed by atoms with van der Waals surface area (Å²) in [7, 11) is -3.68. The normalized spacial score (nSPS) is 15.3. The Morgan fingerprint density at radius 3 is 2.32 bits per heavy atom. The summed E-state index contributed by atoms with van der Waals surface area (Å²) in [4.78, 5) is 14.7. The van der Waals surface area contributed by atoms with Crippen molar-refractivity contribution in [2.24, 2.45) is 5.92 Å². The monoisotopic (exact) mass is 453 g/mol. The molecule has 0 saturated carbocycles. The van der Waals surface area contributed by atoms with Gasteiger partial charge in [0, 0.05) is 52.3 Å². The largest absolute Gasteiger partial charge is 0.379 e. The molecule has 1 N–H and O–H groups in total. The second-order valence-corrected chi connectivity index (χ2v) is 10.7. The van der Waals surface area contributed by atoms with Crippen molar-refractivity contribution in [3.63, 3.8) is 0 Å². The third-order valence-corrected chi connectivity index (χ3v) is 7.17. The minimum atomic E-state index is -3.68. The molecule has 0 spiro atoms. The molecule has 7 nitrogen and oxygen atoms in total. The van der Waals surface area contributed by atoms with Crippen molar-refractivity contribution >= 4 is 15.9 Å². The van der Waals surface area contributed by atoms with Crippen LogP contribution in [0.1, 0.15) is 46.1 Å². The number of nitrogens with zero attached hydrogens (tertiary/aromatic N) is 2. The second-order valence-electron chi connectivity index (χ2n) is 8.80. The SMILES string of the molecule is CC(C)Cc1ccc(S(=O)(=O)N(CCCOC(C)C)CCC(=O)N2CCNCC2)cc1. The van der Waals surface area contributed by atoms with E-state index >= 15 is 0 Å². The van der Waals surface area contributed by atoms with E-state index in [1.165, 1.54) is 4.31 Å². The van der Waals surface area contributed by atoms with E-state index in [-0.39, 0.29) is 29.9 Å². The lowest BCUT2D eigenvalue weighted by Crippen LogP contribution is -2.47. The van der Waals surface area contributed by atoms with Crippen LogP contribution < -0.4 is 5.32 Å². The lowest BCUT2D eigenvalue weighted by molar-refractivity contribution is -0.131. The van der Waals surface area contributed by atoms with Crippen molar-refractivity contribution in [2.75, 3.05) is 45.9 Å². The molecule has 8 heteroatoms. The van der Waals surface area contributed by atoms with Crippen molar-refractivity contribution < 1.29 is 17.9 Å². The molecule has 1 aliphatic rings. The van der Waals surface area contributed by atoms with Crippen LogP contribution in [0.3, 0.4) is 0 Å². The van der Waals surface area contributed by atoms with Crippen LogP contribution in [-0.2, 0) is 26.0 Å². The highest BCUT2D eigenvalue weighted by Gasteiger charge is 2.26. The molecular formula is C23H39N3O4S. The zero-order valence-corrected chi connectivity index (χ0v) is 20.3. The van der Waals surface area contributed by atoms with Gasteiger partial charge in [0.15, 0.2) is 0 Å². The Morgan fingerprint density at radius 2 is 1.74 bits per heavy atom. The third kappa shape index (κ3) is 8.52. The molecule has 1 aromatic carbocycles. The number of amides is 1. The van der Waals surface area contributed by atoms with Gasteiger partial charge in [0.25, 0.3) is 0 Å². The van der Waals surface area contributed by atoms with Crippen molar-refractivity contribution in [2.45, 2.75) is 58.0 Å². The van der Waals surface area contributed by atoms with E-state index in [9.17, 15) is 13.2 Å². The summed E-state index contributed by atoms with van der Waals surface area (Å²) >= 11 is 0. The quantitative estimate of drug-likeness (QED) is 0.492. The number of benzene rings is 1. The smallest absolute Gasteiger partial charge is 0.243 e. The third-order valence-electron chi connectivity index (χ3n) is 5.25. The molecule has 31 heavy (non-hydrogen) atoms. The Balaban J connectivity index is 2.08. The van der Waals surface area contributed by atoms with Crippen LogP contribution in [0.2, 0.25) is 0 Å². The molecule has 1 aromatic rings. The van der Waals surface area contributed by atoms with Crippen LogP contribution in [0.25, 0.3) is 0 Å². The van der Waals surface area contributed by atoms with Crippen LogP contribution >= 0.6 is 0 Å². The summed E-state index contributed by atoms with van der Waals surface area (Å²) in [5, 5.41) is 3.23. The summed E-state index contributed by atoms with van der Waals surface area (Å²) in [6.45, 7) is 12.1. The van der Waals surface area contributed by atoms with Crippen LogP contribution in [0.4, 0.5) is 0 Å². The zero-order valence-electron chi connectivity index (χ0n) is 19.5. The number of carbonyl (C=O) groups excluding carboxylic acids is 1. The zero-order chi connectivity index (χ0) is 22.9. The Labute approximate surface area is 188 Å². The lowest BCUT2D eigenvalue weighted by atomic mass is 10.0. The van der Waals surface area contributed by atoms with E-state index in [1.54, 1.807) is 12.1 Å². The van der Waals surface area contributed by atoms with E-state index in [4.69, 9.17) is 4.74 Å². The van der Waals surface area contributed by atoms with Gasteiger partial charge in [-0.25, -0.2) is 8.42 Å². The van der Waals surface area contributed by atoms with E-state index in [2.05, 4.69) is 19.2 Å². The average Bonchev–Trinajstić information content (AvgIpc) is 2.73. The first-order valence-electron chi connectivity index (χ1n) is 11.4. The Hall–Kier alpha value is -1.48. The van der Waals surface area contributed by atoms with Gasteiger partial charge in [-0.1, -0.05) is 26.0 Å². The van der Waals surface area contributed by atoms with E-state index in [0.717, 1.165) is 25.1 Å². The van der Waals surface area contributed by atoms with Crippen LogP contribution in [-0.4, -0.2) is 75.5 Å². The van der Waals surface area contributed by atoms with Crippen molar-refractivity contribution in [3.8, 4) is 0 Å². The number of nitrogens with one attached hydrogen (secondary N) is 1. The molecule has 2 rings (SSSR count). The number of ether oxygens (including phenoxy) is 1. The minimum absolute atomic E-state index is 0.00686. The molecule has 1 fully saturated rings. The molecule has 1 amide bonds. The predicted octanol–water partition coefficient (Wildman–Crippen LogP) is 2.51. The standard InChI is InChI=1S/C23H39N3O4S/c1-19(2)18-21-6-8-22(9-7-21)31(28,29)26(13-5-17-30-20(3)4)14-10-23(27)25-15-11-24-12-16-25/h6-9,19-20,24H,5,10-18H2,1-4H3. The summed E-state index contributed by atoms with van der Waals surface area (Å²) < 4.78 is 33.7. The van der Waals surface area contributed by atoms with Gasteiger partial charge < -0.3 is 15.0 Å². The molecule has 0 bridgehead atoms. The van der Waals surface area contributed by atoms with Crippen LogP contribution in [0.5, 0.6) is 0 Å². The number of hydrogen-bond acceptors (Lipinski definition) is 5. The Bertz CT molecular complexity index is 773.